The molecule has 26 heavy (non-hydrogen) atoms. The Labute approximate surface area is 150 Å². The Kier molecular flexibility index (Phi) is 4.12. The topological polar surface area (TPSA) is 90.1 Å². The van der Waals surface area contributed by atoms with Crippen molar-refractivity contribution < 1.29 is 19.2 Å². The van der Waals surface area contributed by atoms with Crippen molar-refractivity contribution in [2.45, 2.75) is 19.4 Å². The monoisotopic (exact) mass is 356 g/mol. The number of benzene rings is 1. The molecule has 2 fully saturated rings. The van der Waals surface area contributed by atoms with Gasteiger partial charge in [-0.15, -0.1) is 0 Å². The molecule has 3 heterocycles. The number of carbonyl (C=O) groups excluding carboxylic acids is 2. The lowest BCUT2D eigenvalue weighted by atomic mass is 10.1. The Bertz CT molecular complexity index is 841. The van der Waals surface area contributed by atoms with Gasteiger partial charge in [0.05, 0.1) is 18.2 Å². The summed E-state index contributed by atoms with van der Waals surface area (Å²) < 4.78 is 4.99. The molecule has 2 aliphatic heterocycles. The van der Waals surface area contributed by atoms with E-state index >= 15 is 0 Å². The van der Waals surface area contributed by atoms with Gasteiger partial charge in [0, 0.05) is 32.2 Å². The maximum absolute atomic E-state index is 12.8. The molecule has 136 valence electrons. The number of amides is 2. The van der Waals surface area contributed by atoms with Crippen molar-refractivity contribution in [3.8, 4) is 5.75 Å². The van der Waals surface area contributed by atoms with Crippen molar-refractivity contribution in [1.82, 2.24) is 10.1 Å². The van der Waals surface area contributed by atoms with E-state index in [9.17, 15) is 14.7 Å². The van der Waals surface area contributed by atoms with Gasteiger partial charge >= 0.3 is 0 Å². The van der Waals surface area contributed by atoms with Crippen LogP contribution in [-0.4, -0.2) is 59.2 Å². The molecule has 1 atom stereocenters. The molecule has 2 aliphatic rings. The Morgan fingerprint density at radius 3 is 2.54 bits per heavy atom. The fourth-order valence-electron chi connectivity index (χ4n) is 3.61. The summed E-state index contributed by atoms with van der Waals surface area (Å²) in [6.45, 7) is 4.36. The van der Waals surface area contributed by atoms with Crippen molar-refractivity contribution in [3.63, 3.8) is 0 Å². The molecule has 0 aliphatic carbocycles. The maximum atomic E-state index is 12.8. The summed E-state index contributed by atoms with van der Waals surface area (Å²) in [5.74, 6) is 0.560. The number of hydrogen-bond donors (Lipinski definition) is 1. The van der Waals surface area contributed by atoms with Gasteiger partial charge in [0.15, 0.2) is 5.82 Å². The minimum atomic E-state index is -0.467. The molecule has 0 saturated carbocycles. The molecule has 8 heteroatoms. The van der Waals surface area contributed by atoms with Crippen LogP contribution in [0.15, 0.2) is 34.9 Å². The largest absolute Gasteiger partial charge is 0.506 e. The van der Waals surface area contributed by atoms with Crippen molar-refractivity contribution >= 4 is 23.3 Å². The highest BCUT2D eigenvalue weighted by Gasteiger charge is 2.44. The molecule has 2 aromatic rings. The number of piperazine rings is 1. The molecule has 4 rings (SSSR count). The second kappa shape index (κ2) is 6.45. The average Bonchev–Trinajstić information content (AvgIpc) is 3.18. The minimum absolute atomic E-state index is 0.154. The highest BCUT2D eigenvalue weighted by molar-refractivity contribution is 6.21. The van der Waals surface area contributed by atoms with Crippen LogP contribution in [0.3, 0.4) is 0 Å². The van der Waals surface area contributed by atoms with Crippen LogP contribution in [0.1, 0.15) is 12.2 Å². The smallest absolute Gasteiger partial charge is 0.252 e. The van der Waals surface area contributed by atoms with E-state index in [0.29, 0.717) is 31.9 Å². The Hall–Kier alpha value is -2.87. The number of aromatic nitrogens is 1. The minimum Gasteiger partial charge on any atom is -0.506 e. The Morgan fingerprint density at radius 1 is 1.15 bits per heavy atom. The Morgan fingerprint density at radius 2 is 1.88 bits per heavy atom. The molecular weight excluding hydrogens is 336 g/mol. The number of aryl methyl sites for hydroxylation is 1. The lowest BCUT2D eigenvalue weighted by Gasteiger charge is -2.38. The molecule has 1 aromatic carbocycles. The molecule has 0 bridgehead atoms. The van der Waals surface area contributed by atoms with Crippen LogP contribution in [0.4, 0.5) is 11.5 Å². The van der Waals surface area contributed by atoms with Crippen LogP contribution in [0.5, 0.6) is 5.75 Å². The SMILES string of the molecule is Cc1cc(N2C(=O)C[C@@H](N3CCN(c4ccccc4O)CC3)C2=O)no1. The van der Waals surface area contributed by atoms with E-state index in [0.717, 1.165) is 10.6 Å². The number of rotatable bonds is 3. The van der Waals surface area contributed by atoms with Crippen LogP contribution in [0.2, 0.25) is 0 Å². The number of para-hydroxylation sites is 2. The zero-order valence-electron chi connectivity index (χ0n) is 14.5. The summed E-state index contributed by atoms with van der Waals surface area (Å²) >= 11 is 0. The molecule has 1 aromatic heterocycles. The second-order valence-corrected chi connectivity index (χ2v) is 6.59. The number of aromatic hydroxyl groups is 1. The lowest BCUT2D eigenvalue weighted by molar-refractivity contribution is -0.123. The number of phenols is 1. The zero-order valence-corrected chi connectivity index (χ0v) is 14.5. The molecule has 2 amide bonds. The predicted molar refractivity (Wildman–Crippen MR) is 94.0 cm³/mol. The van der Waals surface area contributed by atoms with Gasteiger partial charge in [0.25, 0.3) is 5.91 Å². The summed E-state index contributed by atoms with van der Waals surface area (Å²) in [4.78, 5) is 30.3. The highest BCUT2D eigenvalue weighted by Crippen LogP contribution is 2.29. The second-order valence-electron chi connectivity index (χ2n) is 6.59. The number of hydrogen-bond acceptors (Lipinski definition) is 7. The summed E-state index contributed by atoms with van der Waals surface area (Å²) in [6, 6.07) is 8.35. The van der Waals surface area contributed by atoms with Gasteiger partial charge in [-0.1, -0.05) is 17.3 Å². The van der Waals surface area contributed by atoms with Crippen LogP contribution >= 0.6 is 0 Å². The van der Waals surface area contributed by atoms with Crippen LogP contribution in [0.25, 0.3) is 0 Å². The lowest BCUT2D eigenvalue weighted by Crippen LogP contribution is -2.52. The summed E-state index contributed by atoms with van der Waals surface area (Å²) in [6.07, 6.45) is 0.154. The van der Waals surface area contributed by atoms with E-state index in [-0.39, 0.29) is 29.8 Å². The third-order valence-corrected chi connectivity index (χ3v) is 4.94. The number of carbonyl (C=O) groups is 2. The van der Waals surface area contributed by atoms with Gasteiger partial charge in [0.2, 0.25) is 5.91 Å². The summed E-state index contributed by atoms with van der Waals surface area (Å²) in [7, 11) is 0. The van der Waals surface area contributed by atoms with Crippen LogP contribution < -0.4 is 9.80 Å². The third kappa shape index (κ3) is 2.82. The van der Waals surface area contributed by atoms with Gasteiger partial charge in [-0.2, -0.15) is 0 Å². The van der Waals surface area contributed by atoms with Gasteiger partial charge in [-0.3, -0.25) is 14.5 Å². The highest BCUT2D eigenvalue weighted by atomic mass is 16.5. The molecule has 0 spiro atoms. The number of nitrogens with zero attached hydrogens (tertiary/aromatic N) is 4. The first-order chi connectivity index (χ1) is 12.5. The third-order valence-electron chi connectivity index (χ3n) is 4.94. The van der Waals surface area contributed by atoms with Crippen molar-refractivity contribution in [2.24, 2.45) is 0 Å². The van der Waals surface area contributed by atoms with Crippen molar-refractivity contribution in [3.05, 3.63) is 36.1 Å². The molecule has 0 unspecified atom stereocenters. The van der Waals surface area contributed by atoms with E-state index in [1.165, 1.54) is 0 Å². The summed E-state index contributed by atoms with van der Waals surface area (Å²) in [5, 5.41) is 13.8. The first-order valence-electron chi connectivity index (χ1n) is 8.61. The number of imide groups is 1. The van der Waals surface area contributed by atoms with Gasteiger partial charge in [0.1, 0.15) is 11.5 Å². The van der Waals surface area contributed by atoms with Gasteiger partial charge < -0.3 is 14.5 Å². The molecular formula is C18H20N4O4. The first kappa shape index (κ1) is 16.6. The number of phenolic OH excluding ortho intramolecular Hbond substituents is 1. The van der Waals surface area contributed by atoms with Crippen LogP contribution in [-0.2, 0) is 9.59 Å². The van der Waals surface area contributed by atoms with Crippen molar-refractivity contribution in [2.75, 3.05) is 36.0 Å². The normalized spacial score (nSPS) is 21.7. The van der Waals surface area contributed by atoms with E-state index in [1.54, 1.807) is 25.1 Å². The predicted octanol–water partition coefficient (Wildman–Crippen LogP) is 1.14. The van der Waals surface area contributed by atoms with E-state index < -0.39 is 6.04 Å². The van der Waals surface area contributed by atoms with E-state index in [2.05, 4.69) is 10.1 Å². The number of anilines is 2. The fourth-order valence-corrected chi connectivity index (χ4v) is 3.61. The standard InChI is InChI=1S/C18H20N4O4/c1-12-10-16(19-26-12)22-17(24)11-14(18(22)25)21-8-6-20(7-9-21)13-4-2-3-5-15(13)23/h2-5,10,14,23H,6-9,11H2,1H3/t14-/m1/s1. The van der Waals surface area contributed by atoms with Gasteiger partial charge in [-0.25, -0.2) is 4.90 Å². The molecule has 1 N–H and O–H groups in total. The quantitative estimate of drug-likeness (QED) is 0.825. The van der Waals surface area contributed by atoms with E-state index in [1.807, 2.05) is 17.0 Å². The Balaban J connectivity index is 1.44. The molecule has 8 nitrogen and oxygen atoms in total. The van der Waals surface area contributed by atoms with E-state index in [4.69, 9.17) is 4.52 Å². The fraction of sp³-hybridized carbons (Fsp3) is 0.389. The zero-order chi connectivity index (χ0) is 18.3. The molecule has 0 radical (unpaired) electrons. The average molecular weight is 356 g/mol. The van der Waals surface area contributed by atoms with Crippen molar-refractivity contribution in [1.29, 1.82) is 0 Å². The van der Waals surface area contributed by atoms with Gasteiger partial charge in [-0.05, 0) is 19.1 Å². The molecule has 2 saturated heterocycles. The summed E-state index contributed by atoms with van der Waals surface area (Å²) in [5.41, 5.74) is 0.792. The maximum Gasteiger partial charge on any atom is 0.252 e. The first-order valence-corrected chi connectivity index (χ1v) is 8.61. The van der Waals surface area contributed by atoms with Crippen LogP contribution in [0, 0.1) is 6.92 Å².